The van der Waals surface area contributed by atoms with E-state index in [-0.39, 0.29) is 17.8 Å². The zero-order valence-corrected chi connectivity index (χ0v) is 28.2. The van der Waals surface area contributed by atoms with Crippen molar-refractivity contribution < 1.29 is 13.8 Å². The van der Waals surface area contributed by atoms with Crippen molar-refractivity contribution in [2.24, 2.45) is 11.8 Å². The van der Waals surface area contributed by atoms with Crippen LogP contribution in [0.1, 0.15) is 36.5 Å². The monoisotopic (exact) mass is 600 g/mol. The normalized spacial score (nSPS) is 13.9. The summed E-state index contributed by atoms with van der Waals surface area (Å²) in [6, 6.07) is 27.9. The van der Waals surface area contributed by atoms with E-state index in [1.165, 1.54) is 35.1 Å². The lowest BCUT2D eigenvalue weighted by Crippen LogP contribution is -2.40. The summed E-state index contributed by atoms with van der Waals surface area (Å²) in [6.07, 6.45) is 3.85. The van der Waals surface area contributed by atoms with Gasteiger partial charge in [-0.3, -0.25) is 4.79 Å². The van der Waals surface area contributed by atoms with E-state index in [1.807, 2.05) is 25.2 Å². The third-order valence-electron chi connectivity index (χ3n) is 8.20. The number of hydrogen-bond donors (Lipinski definition) is 1. The van der Waals surface area contributed by atoms with Gasteiger partial charge >= 0.3 is 5.97 Å². The summed E-state index contributed by atoms with van der Waals surface area (Å²) in [5, 5.41) is 3.23. The van der Waals surface area contributed by atoms with Crippen molar-refractivity contribution >= 4 is 21.6 Å². The SMILES string of the molecule is [B]P(C)OC(=O)C(Cc1ccccc1)C(C)Cc1ccc(-c2ccc(C[N+](C)(C)CCCN(C)CCCNC)cc2)cc1. The highest BCUT2D eigenvalue weighted by atomic mass is 31.1. The van der Waals surface area contributed by atoms with Gasteiger partial charge in [-0.25, -0.2) is 0 Å². The molecule has 3 atom stereocenters. The Morgan fingerprint density at radius 2 is 1.44 bits per heavy atom. The molecule has 0 spiro atoms. The lowest BCUT2D eigenvalue weighted by atomic mass is 9.84. The van der Waals surface area contributed by atoms with Crippen molar-refractivity contribution in [3.05, 3.63) is 95.6 Å². The van der Waals surface area contributed by atoms with E-state index >= 15 is 0 Å². The fraction of sp³-hybridized carbons (Fsp3) is 0.472. The highest BCUT2D eigenvalue weighted by Crippen LogP contribution is 2.31. The molecular weight excluding hydrogens is 548 g/mol. The number of carbonyl (C=O) groups is 1. The molecule has 0 saturated heterocycles. The lowest BCUT2D eigenvalue weighted by Gasteiger charge is -2.31. The van der Waals surface area contributed by atoms with Crippen LogP contribution < -0.4 is 5.32 Å². The number of carbonyl (C=O) groups excluding carboxylic acids is 1. The zero-order chi connectivity index (χ0) is 31.2. The molecule has 1 N–H and O–H groups in total. The first-order valence-electron chi connectivity index (χ1n) is 15.6. The van der Waals surface area contributed by atoms with Crippen LogP contribution in [0.5, 0.6) is 0 Å². The summed E-state index contributed by atoms with van der Waals surface area (Å²) in [7, 11) is 13.5. The molecule has 0 amide bonds. The molecule has 2 radical (unpaired) electrons. The Hall–Kier alpha value is -2.50. The highest BCUT2D eigenvalue weighted by Gasteiger charge is 2.28. The third-order valence-corrected chi connectivity index (χ3v) is 8.67. The molecule has 3 aromatic carbocycles. The molecule has 5 nitrogen and oxygen atoms in total. The van der Waals surface area contributed by atoms with Gasteiger partial charge in [0.15, 0.2) is 7.57 Å². The zero-order valence-electron chi connectivity index (χ0n) is 27.3. The maximum Gasteiger partial charge on any atom is 0.311 e. The lowest BCUT2D eigenvalue weighted by molar-refractivity contribution is -0.903. The molecule has 0 aromatic heterocycles. The molecule has 0 aliphatic carbocycles. The predicted molar refractivity (Wildman–Crippen MR) is 184 cm³/mol. The summed E-state index contributed by atoms with van der Waals surface area (Å²) in [5.74, 6) is -0.318. The van der Waals surface area contributed by atoms with Crippen molar-refractivity contribution in [3.8, 4) is 11.1 Å². The van der Waals surface area contributed by atoms with E-state index in [9.17, 15) is 4.79 Å². The Bertz CT molecular complexity index is 1220. The van der Waals surface area contributed by atoms with Gasteiger partial charge in [-0.2, -0.15) is 0 Å². The Kier molecular flexibility index (Phi) is 14.4. The van der Waals surface area contributed by atoms with Crippen LogP contribution in [0, 0.1) is 11.8 Å². The van der Waals surface area contributed by atoms with Crippen LogP contribution in [0.3, 0.4) is 0 Å². The topological polar surface area (TPSA) is 41.6 Å². The van der Waals surface area contributed by atoms with Crippen molar-refractivity contribution in [1.29, 1.82) is 0 Å². The predicted octanol–water partition coefficient (Wildman–Crippen LogP) is 6.55. The summed E-state index contributed by atoms with van der Waals surface area (Å²) in [6.45, 7) is 9.45. The first kappa shape index (κ1) is 35.0. The summed E-state index contributed by atoms with van der Waals surface area (Å²) < 4.78 is 6.49. The van der Waals surface area contributed by atoms with Crippen LogP contribution in [0.25, 0.3) is 11.1 Å². The van der Waals surface area contributed by atoms with E-state index in [0.29, 0.717) is 6.42 Å². The minimum atomic E-state index is -1.23. The fourth-order valence-corrected chi connectivity index (χ4v) is 6.14. The maximum atomic E-state index is 13.0. The second kappa shape index (κ2) is 17.7. The van der Waals surface area contributed by atoms with Crippen LogP contribution in [0.4, 0.5) is 0 Å². The van der Waals surface area contributed by atoms with Gasteiger partial charge < -0.3 is 19.2 Å². The first-order chi connectivity index (χ1) is 20.6. The quantitative estimate of drug-likeness (QED) is 0.0778. The van der Waals surface area contributed by atoms with Gasteiger partial charge in [0.05, 0.1) is 26.6 Å². The molecular formula is C36H52BN3O2P+. The molecule has 43 heavy (non-hydrogen) atoms. The van der Waals surface area contributed by atoms with Gasteiger partial charge in [-0.1, -0.05) is 85.8 Å². The largest absolute Gasteiger partial charge is 0.457 e. The number of benzene rings is 3. The minimum Gasteiger partial charge on any atom is -0.457 e. The van der Waals surface area contributed by atoms with E-state index in [0.717, 1.165) is 49.2 Å². The fourth-order valence-electron chi connectivity index (χ4n) is 5.72. The first-order valence-corrected chi connectivity index (χ1v) is 17.4. The molecule has 3 unspecified atom stereocenters. The molecule has 0 heterocycles. The maximum absolute atomic E-state index is 13.0. The second-order valence-electron chi connectivity index (χ2n) is 12.8. The second-order valence-corrected chi connectivity index (χ2v) is 14.0. The molecule has 0 fully saturated rings. The molecule has 0 aliphatic heterocycles. The van der Waals surface area contributed by atoms with Crippen LogP contribution in [-0.4, -0.2) is 84.0 Å². The number of nitrogens with one attached hydrogen (secondary N) is 1. The van der Waals surface area contributed by atoms with Crippen molar-refractivity contribution in [1.82, 2.24) is 10.2 Å². The van der Waals surface area contributed by atoms with Crippen LogP contribution in [-0.2, 0) is 28.7 Å². The van der Waals surface area contributed by atoms with Gasteiger partial charge in [0, 0.05) is 26.6 Å². The molecule has 3 rings (SSSR count). The Balaban J connectivity index is 1.56. The molecule has 0 bridgehead atoms. The van der Waals surface area contributed by atoms with Crippen molar-refractivity contribution in [3.63, 3.8) is 0 Å². The standard InChI is InChI=1S/C36H52BN3O2P/c1-29(35(36(41)42-43(6)37)27-30-12-8-7-9-13-30)26-31-14-18-33(19-15-31)34-20-16-32(17-21-34)28-40(4,5)25-11-24-39(3)23-10-22-38-2/h7-9,12-21,29,35,38H,10-11,22-28H2,1-6H3/q+1. The number of hydrogen-bond acceptors (Lipinski definition) is 4. The van der Waals surface area contributed by atoms with E-state index in [4.69, 9.17) is 12.1 Å². The average molecular weight is 601 g/mol. The van der Waals surface area contributed by atoms with Crippen molar-refractivity contribution in [2.75, 3.05) is 61.0 Å². The average Bonchev–Trinajstić information content (AvgIpc) is 2.96. The number of nitrogens with zero attached hydrogens (tertiary/aromatic N) is 2. The molecule has 230 valence electrons. The number of rotatable bonds is 18. The summed E-state index contributed by atoms with van der Waals surface area (Å²) in [4.78, 5) is 15.4. The third kappa shape index (κ3) is 12.6. The Morgan fingerprint density at radius 1 is 0.884 bits per heavy atom. The van der Waals surface area contributed by atoms with E-state index in [2.05, 4.69) is 98.9 Å². The minimum absolute atomic E-state index is 0.119. The Labute approximate surface area is 263 Å². The van der Waals surface area contributed by atoms with Gasteiger partial charge in [-0.15, -0.1) is 0 Å². The molecule has 0 aliphatic rings. The summed E-state index contributed by atoms with van der Waals surface area (Å²) >= 11 is 0. The van der Waals surface area contributed by atoms with Gasteiger partial charge in [0.2, 0.25) is 0 Å². The highest BCUT2D eigenvalue weighted by molar-refractivity contribution is 7.77. The van der Waals surface area contributed by atoms with Gasteiger partial charge in [0.1, 0.15) is 6.54 Å². The smallest absolute Gasteiger partial charge is 0.311 e. The summed E-state index contributed by atoms with van der Waals surface area (Å²) in [5.41, 5.74) is 6.15. The van der Waals surface area contributed by atoms with Gasteiger partial charge in [0.25, 0.3) is 0 Å². The van der Waals surface area contributed by atoms with E-state index in [1.54, 1.807) is 6.66 Å². The molecule has 3 aromatic rings. The van der Waals surface area contributed by atoms with Crippen LogP contribution in [0.2, 0.25) is 0 Å². The van der Waals surface area contributed by atoms with Crippen molar-refractivity contribution in [2.45, 2.75) is 39.2 Å². The van der Waals surface area contributed by atoms with Crippen LogP contribution in [0.15, 0.2) is 78.9 Å². The van der Waals surface area contributed by atoms with E-state index < -0.39 is 8.03 Å². The molecule has 7 heteroatoms. The molecule has 0 saturated carbocycles. The van der Waals surface area contributed by atoms with Gasteiger partial charge in [-0.05, 0) is 81.3 Å². The number of quaternary nitrogens is 1. The Morgan fingerprint density at radius 3 is 2.02 bits per heavy atom. The van der Waals surface area contributed by atoms with Crippen LogP contribution >= 0.6 is 8.03 Å².